The molecule has 0 aliphatic rings. The number of nitrogens with one attached hydrogen (secondary N) is 1. The highest BCUT2D eigenvalue weighted by Gasteiger charge is 2.07. The average Bonchev–Trinajstić information content (AvgIpc) is 2.28. The molecule has 17 heavy (non-hydrogen) atoms. The Morgan fingerprint density at radius 1 is 1.53 bits per heavy atom. The zero-order valence-corrected chi connectivity index (χ0v) is 9.94. The predicted octanol–water partition coefficient (Wildman–Crippen LogP) is 1.62. The standard InChI is InChI=1S/C13H17N3O/c1-10(8-9-14)16-13(17)7-6-11-4-2-3-5-12(11)15/h2-5,10H,6-8,15H2,1H3,(H,16,17). The molecule has 0 saturated carbocycles. The Morgan fingerprint density at radius 3 is 2.88 bits per heavy atom. The molecular weight excluding hydrogens is 214 g/mol. The Kier molecular flexibility index (Phi) is 5.02. The zero-order valence-electron chi connectivity index (χ0n) is 9.94. The molecule has 3 N–H and O–H groups in total. The largest absolute Gasteiger partial charge is 0.399 e. The molecule has 1 aromatic carbocycles. The lowest BCUT2D eigenvalue weighted by molar-refractivity contribution is -0.121. The van der Waals surface area contributed by atoms with Crippen LogP contribution in [0, 0.1) is 11.3 Å². The number of carbonyl (C=O) groups is 1. The minimum absolute atomic E-state index is 0.0454. The number of benzene rings is 1. The molecular formula is C13H17N3O. The van der Waals surface area contributed by atoms with Gasteiger partial charge in [-0.15, -0.1) is 0 Å². The molecule has 1 atom stereocenters. The lowest BCUT2D eigenvalue weighted by Gasteiger charge is -2.10. The molecule has 0 bridgehead atoms. The number of amides is 1. The highest BCUT2D eigenvalue weighted by molar-refractivity contribution is 5.76. The lowest BCUT2D eigenvalue weighted by Crippen LogP contribution is -2.32. The SMILES string of the molecule is CC(CC#N)NC(=O)CCc1ccccc1N. The molecule has 0 aliphatic heterocycles. The minimum Gasteiger partial charge on any atom is -0.399 e. The number of para-hydroxylation sites is 1. The van der Waals surface area contributed by atoms with Crippen LogP contribution in [0.25, 0.3) is 0 Å². The molecule has 4 nitrogen and oxygen atoms in total. The minimum atomic E-state index is -0.0966. The van der Waals surface area contributed by atoms with Crippen LogP contribution in [0.15, 0.2) is 24.3 Å². The summed E-state index contributed by atoms with van der Waals surface area (Å²) in [4.78, 5) is 11.6. The van der Waals surface area contributed by atoms with Gasteiger partial charge in [0.15, 0.2) is 0 Å². The van der Waals surface area contributed by atoms with Gasteiger partial charge in [-0.1, -0.05) is 18.2 Å². The fourth-order valence-corrected chi connectivity index (χ4v) is 1.55. The third-order valence-electron chi connectivity index (χ3n) is 2.48. The molecule has 0 saturated heterocycles. The molecule has 0 aromatic heterocycles. The normalized spacial score (nSPS) is 11.5. The van der Waals surface area contributed by atoms with Crippen molar-refractivity contribution in [2.75, 3.05) is 5.73 Å². The van der Waals surface area contributed by atoms with E-state index in [-0.39, 0.29) is 11.9 Å². The summed E-state index contributed by atoms with van der Waals surface area (Å²) in [6.07, 6.45) is 1.35. The fraction of sp³-hybridized carbons (Fsp3) is 0.385. The van der Waals surface area contributed by atoms with Gasteiger partial charge in [-0.05, 0) is 25.0 Å². The summed E-state index contributed by atoms with van der Waals surface area (Å²) >= 11 is 0. The first kappa shape index (κ1) is 13.0. The molecule has 0 fully saturated rings. The number of nitrogens with zero attached hydrogens (tertiary/aromatic N) is 1. The first-order chi connectivity index (χ1) is 8.13. The Morgan fingerprint density at radius 2 is 2.24 bits per heavy atom. The summed E-state index contributed by atoms with van der Waals surface area (Å²) in [5.41, 5.74) is 7.48. The number of aryl methyl sites for hydroxylation is 1. The van der Waals surface area contributed by atoms with E-state index in [4.69, 9.17) is 11.0 Å². The van der Waals surface area contributed by atoms with Gasteiger partial charge < -0.3 is 11.1 Å². The van der Waals surface area contributed by atoms with Gasteiger partial charge in [0.25, 0.3) is 0 Å². The number of hydrogen-bond acceptors (Lipinski definition) is 3. The Balaban J connectivity index is 2.39. The first-order valence-corrected chi connectivity index (χ1v) is 5.63. The van der Waals surface area contributed by atoms with E-state index in [1.165, 1.54) is 0 Å². The predicted molar refractivity (Wildman–Crippen MR) is 67.0 cm³/mol. The second-order valence-electron chi connectivity index (χ2n) is 4.03. The molecule has 0 aliphatic carbocycles. The van der Waals surface area contributed by atoms with E-state index in [2.05, 4.69) is 5.32 Å². The number of hydrogen-bond donors (Lipinski definition) is 2. The molecule has 1 rings (SSSR count). The maximum Gasteiger partial charge on any atom is 0.220 e. The summed E-state index contributed by atoms with van der Waals surface area (Å²) in [6, 6.07) is 9.44. The Bertz CT molecular complexity index is 423. The number of nitriles is 1. The van der Waals surface area contributed by atoms with Crippen LogP contribution in [0.5, 0.6) is 0 Å². The van der Waals surface area contributed by atoms with Gasteiger partial charge in [-0.25, -0.2) is 0 Å². The summed E-state index contributed by atoms with van der Waals surface area (Å²) < 4.78 is 0. The van der Waals surface area contributed by atoms with Crippen LogP contribution >= 0.6 is 0 Å². The number of nitrogen functional groups attached to an aromatic ring is 1. The molecule has 90 valence electrons. The molecule has 0 heterocycles. The van der Waals surface area contributed by atoms with Crippen LogP contribution in [0.3, 0.4) is 0 Å². The van der Waals surface area contributed by atoms with Gasteiger partial charge in [0.1, 0.15) is 0 Å². The van der Waals surface area contributed by atoms with Crippen molar-refractivity contribution in [2.45, 2.75) is 32.2 Å². The number of rotatable bonds is 5. The quantitative estimate of drug-likeness (QED) is 0.756. The number of carbonyl (C=O) groups excluding carboxylic acids is 1. The van der Waals surface area contributed by atoms with Crippen molar-refractivity contribution in [1.82, 2.24) is 5.32 Å². The maximum atomic E-state index is 11.6. The molecule has 1 amide bonds. The summed E-state index contributed by atoms with van der Waals surface area (Å²) in [5, 5.41) is 11.2. The van der Waals surface area contributed by atoms with E-state index in [9.17, 15) is 4.79 Å². The molecule has 1 unspecified atom stereocenters. The van der Waals surface area contributed by atoms with E-state index in [1.807, 2.05) is 37.3 Å². The van der Waals surface area contributed by atoms with E-state index in [1.54, 1.807) is 0 Å². The van der Waals surface area contributed by atoms with Crippen molar-refractivity contribution < 1.29 is 4.79 Å². The van der Waals surface area contributed by atoms with Crippen molar-refractivity contribution in [3.8, 4) is 6.07 Å². The van der Waals surface area contributed by atoms with Crippen LogP contribution in [0.1, 0.15) is 25.3 Å². The van der Waals surface area contributed by atoms with Gasteiger partial charge in [0.05, 0.1) is 12.5 Å². The van der Waals surface area contributed by atoms with Gasteiger partial charge in [-0.3, -0.25) is 4.79 Å². The van der Waals surface area contributed by atoms with Crippen molar-refractivity contribution in [1.29, 1.82) is 5.26 Å². The molecule has 1 aromatic rings. The van der Waals surface area contributed by atoms with Crippen LogP contribution < -0.4 is 11.1 Å². The molecule has 0 radical (unpaired) electrons. The summed E-state index contributed by atoms with van der Waals surface area (Å²) in [7, 11) is 0. The monoisotopic (exact) mass is 231 g/mol. The van der Waals surface area contributed by atoms with E-state index < -0.39 is 0 Å². The average molecular weight is 231 g/mol. The van der Waals surface area contributed by atoms with E-state index in [0.29, 0.717) is 24.9 Å². The van der Waals surface area contributed by atoms with Gasteiger partial charge in [0.2, 0.25) is 5.91 Å². The zero-order chi connectivity index (χ0) is 12.7. The highest BCUT2D eigenvalue weighted by Crippen LogP contribution is 2.12. The fourth-order valence-electron chi connectivity index (χ4n) is 1.55. The first-order valence-electron chi connectivity index (χ1n) is 5.63. The molecule has 4 heteroatoms. The van der Waals surface area contributed by atoms with Gasteiger partial charge in [-0.2, -0.15) is 5.26 Å². The van der Waals surface area contributed by atoms with Crippen LogP contribution in [0.4, 0.5) is 5.69 Å². The summed E-state index contributed by atoms with van der Waals surface area (Å²) in [5.74, 6) is -0.0454. The van der Waals surface area contributed by atoms with Crippen LogP contribution in [-0.4, -0.2) is 11.9 Å². The van der Waals surface area contributed by atoms with Gasteiger partial charge in [0, 0.05) is 18.2 Å². The smallest absolute Gasteiger partial charge is 0.220 e. The second kappa shape index (κ2) is 6.54. The third kappa shape index (κ3) is 4.56. The number of nitrogens with two attached hydrogens (primary N) is 1. The van der Waals surface area contributed by atoms with Crippen molar-refractivity contribution in [3.63, 3.8) is 0 Å². The third-order valence-corrected chi connectivity index (χ3v) is 2.48. The van der Waals surface area contributed by atoms with Crippen molar-refractivity contribution >= 4 is 11.6 Å². The second-order valence-corrected chi connectivity index (χ2v) is 4.03. The molecule has 0 spiro atoms. The maximum absolute atomic E-state index is 11.6. The Labute approximate surface area is 101 Å². The lowest BCUT2D eigenvalue weighted by atomic mass is 10.1. The van der Waals surface area contributed by atoms with Crippen LogP contribution in [0.2, 0.25) is 0 Å². The number of anilines is 1. The van der Waals surface area contributed by atoms with E-state index >= 15 is 0 Å². The highest BCUT2D eigenvalue weighted by atomic mass is 16.1. The topological polar surface area (TPSA) is 78.9 Å². The van der Waals surface area contributed by atoms with Crippen molar-refractivity contribution in [2.24, 2.45) is 0 Å². The van der Waals surface area contributed by atoms with Crippen LogP contribution in [-0.2, 0) is 11.2 Å². The van der Waals surface area contributed by atoms with Gasteiger partial charge >= 0.3 is 0 Å². The Hall–Kier alpha value is -2.02. The van der Waals surface area contributed by atoms with Crippen molar-refractivity contribution in [3.05, 3.63) is 29.8 Å². The van der Waals surface area contributed by atoms with E-state index in [0.717, 1.165) is 5.56 Å². The summed E-state index contributed by atoms with van der Waals surface area (Å²) in [6.45, 7) is 1.82.